The van der Waals surface area contributed by atoms with E-state index in [9.17, 15) is 16.8 Å². The Labute approximate surface area is 364 Å². The number of nitrogens with zero attached hydrogens (tertiary/aromatic N) is 2. The molecule has 0 amide bonds. The van der Waals surface area contributed by atoms with Gasteiger partial charge in [0.05, 0.1) is 31.6 Å². The summed E-state index contributed by atoms with van der Waals surface area (Å²) >= 11 is 24.1. The van der Waals surface area contributed by atoms with Gasteiger partial charge in [0.2, 0.25) is 20.0 Å². The molecular formula is C46H50Cl4N2O4S2. The molecule has 0 saturated heterocycles. The molecule has 2 aliphatic heterocycles. The van der Waals surface area contributed by atoms with Gasteiger partial charge in [-0.2, -0.15) is 8.61 Å². The molecule has 58 heavy (non-hydrogen) atoms. The molecule has 4 aromatic rings. The molecule has 4 unspecified atom stereocenters. The lowest BCUT2D eigenvalue weighted by Gasteiger charge is -2.35. The van der Waals surface area contributed by atoms with E-state index in [1.54, 1.807) is 45.0 Å². The molecular weight excluding hydrogens is 850 g/mol. The third-order valence-electron chi connectivity index (χ3n) is 14.2. The molecule has 0 radical (unpaired) electrons. The standard InChI is InChI=1S/2C23H25Cl2NO2S/c2*24-21-8-7-15(11-22(21)25)14-29(27,28)26-10-9-17-12-16-3-1-5-19(16)20-6-2-4-18(13-26)23(17)20/h2*2,4,6-8,11,16-17,19H,1,3,5,9-10,12-14H2/t2*16?,17-,19?/m10/s1. The maximum atomic E-state index is 13.3. The van der Waals surface area contributed by atoms with Crippen molar-refractivity contribution >= 4 is 66.5 Å². The Morgan fingerprint density at radius 2 is 0.948 bits per heavy atom. The van der Waals surface area contributed by atoms with Crippen molar-refractivity contribution in [2.24, 2.45) is 11.8 Å². The van der Waals surface area contributed by atoms with Crippen molar-refractivity contribution in [3.05, 3.63) is 137 Å². The predicted octanol–water partition coefficient (Wildman–Crippen LogP) is 12.2. The van der Waals surface area contributed by atoms with Crippen molar-refractivity contribution in [3.8, 4) is 0 Å². The van der Waals surface area contributed by atoms with Gasteiger partial charge in [0.1, 0.15) is 0 Å². The third kappa shape index (κ3) is 8.15. The highest BCUT2D eigenvalue weighted by Gasteiger charge is 2.42. The molecule has 0 aromatic heterocycles. The molecule has 308 valence electrons. The second-order valence-electron chi connectivity index (χ2n) is 17.6. The summed E-state index contributed by atoms with van der Waals surface area (Å²) in [5.41, 5.74) is 9.68. The summed E-state index contributed by atoms with van der Waals surface area (Å²) < 4.78 is 56.4. The smallest absolute Gasteiger partial charge is 0.212 e. The van der Waals surface area contributed by atoms with Crippen LogP contribution >= 0.6 is 46.4 Å². The largest absolute Gasteiger partial charge is 0.218 e. The van der Waals surface area contributed by atoms with Crippen LogP contribution in [0.1, 0.15) is 132 Å². The van der Waals surface area contributed by atoms with Crippen molar-refractivity contribution in [2.45, 2.75) is 112 Å². The average molecular weight is 901 g/mol. The molecule has 6 atom stereocenters. The Morgan fingerprint density at radius 1 is 0.517 bits per heavy atom. The van der Waals surface area contributed by atoms with E-state index < -0.39 is 20.0 Å². The highest BCUT2D eigenvalue weighted by atomic mass is 35.5. The van der Waals surface area contributed by atoms with Gasteiger partial charge in [0.15, 0.2) is 0 Å². The van der Waals surface area contributed by atoms with E-state index in [0.717, 1.165) is 24.7 Å². The van der Waals surface area contributed by atoms with Crippen LogP contribution in [0, 0.1) is 11.8 Å². The Bertz CT molecular complexity index is 2270. The maximum Gasteiger partial charge on any atom is 0.218 e. The Kier molecular flexibility index (Phi) is 11.8. The van der Waals surface area contributed by atoms with Crippen molar-refractivity contribution in [1.29, 1.82) is 0 Å². The van der Waals surface area contributed by atoms with E-state index in [-0.39, 0.29) is 11.5 Å². The molecule has 2 fully saturated rings. The number of rotatable bonds is 6. The molecule has 4 aromatic carbocycles. The molecule has 4 aliphatic carbocycles. The molecule has 2 saturated carbocycles. The third-order valence-corrected chi connectivity index (χ3v) is 19.2. The number of hydrogen-bond donors (Lipinski definition) is 0. The van der Waals surface area contributed by atoms with Crippen LogP contribution in [0.2, 0.25) is 20.1 Å². The van der Waals surface area contributed by atoms with Crippen LogP contribution < -0.4 is 0 Å². The summed E-state index contributed by atoms with van der Waals surface area (Å²) in [6.45, 7) is 2.11. The lowest BCUT2D eigenvalue weighted by atomic mass is 9.70. The number of fused-ring (bicyclic) bond motifs is 4. The lowest BCUT2D eigenvalue weighted by molar-refractivity contribution is 0.346. The summed E-state index contributed by atoms with van der Waals surface area (Å²) in [5.74, 6) is 3.81. The van der Waals surface area contributed by atoms with E-state index >= 15 is 0 Å². The SMILES string of the molecule is O=S(=O)(Cc1ccc(Cl)c(Cl)c1)N1CC[C@@H]2CC3CCCC3c3cccc(c32)C1.O=S(=O)(Cc1ccc(Cl)c(Cl)c1)N1CC[C@H]2CC3CCCC3c3cccc(c32)C1. The van der Waals surface area contributed by atoms with Gasteiger partial charge >= 0.3 is 0 Å². The Morgan fingerprint density at radius 3 is 1.36 bits per heavy atom. The van der Waals surface area contributed by atoms with Gasteiger partial charge in [-0.1, -0.05) is 108 Å². The minimum Gasteiger partial charge on any atom is -0.212 e. The van der Waals surface area contributed by atoms with Gasteiger partial charge < -0.3 is 0 Å². The van der Waals surface area contributed by atoms with Crippen molar-refractivity contribution in [1.82, 2.24) is 8.61 Å². The van der Waals surface area contributed by atoms with Gasteiger partial charge in [-0.05, 0) is 156 Å². The lowest BCUT2D eigenvalue weighted by Crippen LogP contribution is -2.32. The molecule has 0 N–H and O–H groups in total. The zero-order valence-corrected chi connectivity index (χ0v) is 37.2. The predicted molar refractivity (Wildman–Crippen MR) is 236 cm³/mol. The van der Waals surface area contributed by atoms with Crippen LogP contribution in [-0.2, 0) is 44.6 Å². The fraction of sp³-hybridized carbons (Fsp3) is 0.478. The van der Waals surface area contributed by atoms with E-state index in [2.05, 4.69) is 36.4 Å². The van der Waals surface area contributed by atoms with Crippen LogP contribution in [0.5, 0.6) is 0 Å². The van der Waals surface area contributed by atoms with E-state index in [1.165, 1.54) is 84.7 Å². The van der Waals surface area contributed by atoms with Crippen LogP contribution in [0.4, 0.5) is 0 Å². The van der Waals surface area contributed by atoms with Crippen LogP contribution in [0.15, 0.2) is 72.8 Å². The first-order chi connectivity index (χ1) is 27.8. The minimum atomic E-state index is -3.44. The van der Waals surface area contributed by atoms with Crippen molar-refractivity contribution in [2.75, 3.05) is 13.1 Å². The van der Waals surface area contributed by atoms with Crippen molar-refractivity contribution in [3.63, 3.8) is 0 Å². The van der Waals surface area contributed by atoms with Gasteiger partial charge in [-0.3, -0.25) is 0 Å². The van der Waals surface area contributed by atoms with E-state index in [4.69, 9.17) is 46.4 Å². The Balaban J connectivity index is 0.000000150. The Hall–Kier alpha value is -2.14. The van der Waals surface area contributed by atoms with Crippen LogP contribution in [0.25, 0.3) is 0 Å². The van der Waals surface area contributed by atoms with Gasteiger partial charge in [-0.25, -0.2) is 16.8 Å². The number of halogens is 4. The summed E-state index contributed by atoms with van der Waals surface area (Å²) in [7, 11) is -6.89. The normalized spacial score (nSPS) is 26.6. The molecule has 0 bridgehead atoms. The molecule has 12 heteroatoms. The second kappa shape index (κ2) is 16.6. The zero-order chi connectivity index (χ0) is 40.3. The highest BCUT2D eigenvalue weighted by Crippen LogP contribution is 2.55. The zero-order valence-electron chi connectivity index (χ0n) is 32.6. The van der Waals surface area contributed by atoms with Gasteiger partial charge in [0.25, 0.3) is 0 Å². The molecule has 6 aliphatic rings. The molecule has 10 rings (SSSR count). The van der Waals surface area contributed by atoms with Gasteiger partial charge in [0, 0.05) is 26.2 Å². The molecule has 6 nitrogen and oxygen atoms in total. The monoisotopic (exact) mass is 898 g/mol. The van der Waals surface area contributed by atoms with E-state index in [1.807, 2.05) is 0 Å². The minimum absolute atomic E-state index is 0.0468. The maximum absolute atomic E-state index is 13.3. The first-order valence-corrected chi connectivity index (χ1v) is 25.6. The summed E-state index contributed by atoms with van der Waals surface area (Å²) in [6.07, 6.45) is 12.1. The number of sulfonamides is 2. The second-order valence-corrected chi connectivity index (χ2v) is 23.1. The summed E-state index contributed by atoms with van der Waals surface area (Å²) in [4.78, 5) is 0. The summed E-state index contributed by atoms with van der Waals surface area (Å²) in [5, 5.41) is 1.66. The fourth-order valence-corrected chi connectivity index (χ4v) is 15.3. The first-order valence-electron chi connectivity index (χ1n) is 20.9. The topological polar surface area (TPSA) is 74.8 Å². The van der Waals surface area contributed by atoms with Gasteiger partial charge in [-0.15, -0.1) is 0 Å². The average Bonchev–Trinajstić information content (AvgIpc) is 3.78. The van der Waals surface area contributed by atoms with E-state index in [0.29, 0.717) is 81.1 Å². The quantitative estimate of drug-likeness (QED) is 0.193. The number of hydrogen-bond acceptors (Lipinski definition) is 4. The highest BCUT2D eigenvalue weighted by molar-refractivity contribution is 7.88. The number of benzene rings is 4. The van der Waals surface area contributed by atoms with Crippen LogP contribution in [-0.4, -0.2) is 38.5 Å². The summed E-state index contributed by atoms with van der Waals surface area (Å²) in [6, 6.07) is 23.2. The first kappa shape index (κ1) is 41.2. The molecule has 2 heterocycles. The van der Waals surface area contributed by atoms with Crippen molar-refractivity contribution < 1.29 is 16.8 Å². The molecule has 0 spiro atoms. The van der Waals surface area contributed by atoms with Crippen LogP contribution in [0.3, 0.4) is 0 Å². The fourth-order valence-electron chi connectivity index (χ4n) is 11.6.